The third kappa shape index (κ3) is 3.54. The van der Waals surface area contributed by atoms with Gasteiger partial charge < -0.3 is 20.1 Å². The fraction of sp³-hybridized carbons (Fsp3) is 0.211. The summed E-state index contributed by atoms with van der Waals surface area (Å²) in [5.41, 5.74) is 2.94. The van der Waals surface area contributed by atoms with Gasteiger partial charge in [0.15, 0.2) is 17.0 Å². The normalized spacial score (nSPS) is 19.7. The third-order valence-electron chi connectivity index (χ3n) is 4.17. The first-order chi connectivity index (χ1) is 12.6. The second kappa shape index (κ2) is 7.25. The fourth-order valence-corrected chi connectivity index (χ4v) is 4.15. The molecule has 26 heavy (non-hydrogen) atoms. The monoisotopic (exact) mass is 432 g/mol. The molecule has 2 aromatic carbocycles. The molecule has 0 aliphatic carbocycles. The zero-order valence-corrected chi connectivity index (χ0v) is 16.4. The molecule has 2 N–H and O–H groups in total. The lowest BCUT2D eigenvalue weighted by Crippen LogP contribution is -2.30. The molecule has 1 atom stereocenters. The van der Waals surface area contributed by atoms with Gasteiger partial charge >= 0.3 is 0 Å². The Bertz CT molecular complexity index is 883. The highest BCUT2D eigenvalue weighted by atomic mass is 79.9. The molecule has 1 amide bonds. The number of anilines is 1. The molecule has 2 heterocycles. The summed E-state index contributed by atoms with van der Waals surface area (Å²) in [6, 6.07) is 12.0. The minimum absolute atomic E-state index is 0.0951. The number of amides is 1. The Morgan fingerprint density at radius 1 is 1.27 bits per heavy atom. The molecule has 2 aromatic rings. The average molecular weight is 433 g/mol. The Hall–Kier alpha value is -2.12. The molecular weight excluding hydrogens is 416 g/mol. The largest absolute Gasteiger partial charge is 0.454 e. The first-order valence-corrected chi connectivity index (χ1v) is 9.93. The number of fused-ring (bicyclic) bond motifs is 1. The van der Waals surface area contributed by atoms with Gasteiger partial charge in [-0.05, 0) is 47.9 Å². The van der Waals surface area contributed by atoms with Crippen LogP contribution in [0.15, 0.2) is 45.8 Å². The van der Waals surface area contributed by atoms with Gasteiger partial charge in [-0.2, -0.15) is 0 Å². The van der Waals surface area contributed by atoms with Crippen LogP contribution < -0.4 is 20.1 Å². The van der Waals surface area contributed by atoms with Crippen molar-refractivity contribution in [3.05, 3.63) is 56.9 Å². The van der Waals surface area contributed by atoms with Crippen molar-refractivity contribution < 1.29 is 14.3 Å². The summed E-state index contributed by atoms with van der Waals surface area (Å²) in [5.74, 6) is 1.30. The van der Waals surface area contributed by atoms with E-state index in [-0.39, 0.29) is 18.2 Å². The van der Waals surface area contributed by atoms with Crippen LogP contribution in [0.4, 0.5) is 5.69 Å². The van der Waals surface area contributed by atoms with Gasteiger partial charge in [0.2, 0.25) is 6.79 Å². The number of hydrogen-bond donors (Lipinski definition) is 2. The summed E-state index contributed by atoms with van der Waals surface area (Å²) in [7, 11) is 0. The van der Waals surface area contributed by atoms with E-state index in [4.69, 9.17) is 9.47 Å². The van der Waals surface area contributed by atoms with E-state index in [1.54, 1.807) is 0 Å². The summed E-state index contributed by atoms with van der Waals surface area (Å²) in [4.78, 5) is 13.0. The molecule has 134 valence electrons. The van der Waals surface area contributed by atoms with Gasteiger partial charge in [-0.1, -0.05) is 46.7 Å². The summed E-state index contributed by atoms with van der Waals surface area (Å²) < 4.78 is 11.6. The summed E-state index contributed by atoms with van der Waals surface area (Å²) >= 11 is 4.98. The average Bonchev–Trinajstić information content (AvgIpc) is 3.22. The van der Waals surface area contributed by atoms with E-state index in [2.05, 4.69) is 45.6 Å². The van der Waals surface area contributed by atoms with Crippen LogP contribution >= 0.6 is 27.7 Å². The van der Waals surface area contributed by atoms with E-state index in [0.29, 0.717) is 16.4 Å². The van der Waals surface area contributed by atoms with Gasteiger partial charge in [0, 0.05) is 10.2 Å². The number of carbonyl (C=O) groups excluding carboxylic acids is 1. The van der Waals surface area contributed by atoms with Crippen molar-refractivity contribution in [2.75, 3.05) is 12.1 Å². The summed E-state index contributed by atoms with van der Waals surface area (Å²) in [6.07, 6.45) is 2.86. The number of benzene rings is 2. The maximum Gasteiger partial charge on any atom is 0.260 e. The lowest BCUT2D eigenvalue weighted by atomic mass is 10.1. The van der Waals surface area contributed by atoms with Crippen molar-refractivity contribution >= 4 is 45.4 Å². The van der Waals surface area contributed by atoms with Gasteiger partial charge in [0.1, 0.15) is 0 Å². The summed E-state index contributed by atoms with van der Waals surface area (Å²) in [5, 5.41) is 6.27. The van der Waals surface area contributed by atoms with Crippen molar-refractivity contribution in [1.29, 1.82) is 0 Å². The van der Waals surface area contributed by atoms with Gasteiger partial charge in [-0.15, -0.1) is 0 Å². The van der Waals surface area contributed by atoms with Crippen molar-refractivity contribution in [1.82, 2.24) is 5.32 Å². The molecule has 0 unspecified atom stereocenters. The first-order valence-electron chi connectivity index (χ1n) is 8.26. The van der Waals surface area contributed by atoms with E-state index in [1.165, 1.54) is 17.3 Å². The minimum Gasteiger partial charge on any atom is -0.454 e. The fourth-order valence-electron chi connectivity index (χ4n) is 2.74. The topological polar surface area (TPSA) is 59.6 Å². The molecule has 0 radical (unpaired) electrons. The molecule has 7 heteroatoms. The van der Waals surface area contributed by atoms with Crippen molar-refractivity contribution in [2.24, 2.45) is 0 Å². The number of hydrogen-bond acceptors (Lipinski definition) is 5. The van der Waals surface area contributed by atoms with Gasteiger partial charge in [-0.3, -0.25) is 4.79 Å². The van der Waals surface area contributed by atoms with E-state index >= 15 is 0 Å². The van der Waals surface area contributed by atoms with Crippen LogP contribution in [0.25, 0.3) is 6.08 Å². The smallest absolute Gasteiger partial charge is 0.260 e. The molecule has 0 aromatic heterocycles. The standard InChI is InChI=1S/C19H17BrN2O3S/c1-2-11-3-5-13(6-4-11)21-19-22-18(23)17(26-19)8-12-7-15-16(9-14(12)20)25-10-24-15/h3-9,19,21H,2,10H2,1H3,(H,22,23)/b17-8+/t19-/m0/s1. The number of ether oxygens (including phenoxy) is 2. The molecule has 0 bridgehead atoms. The van der Waals surface area contributed by atoms with Crippen LogP contribution in [0.5, 0.6) is 11.5 Å². The highest BCUT2D eigenvalue weighted by Crippen LogP contribution is 2.39. The minimum atomic E-state index is -0.200. The Kier molecular flexibility index (Phi) is 4.82. The second-order valence-electron chi connectivity index (χ2n) is 5.90. The van der Waals surface area contributed by atoms with Crippen LogP contribution in [0.2, 0.25) is 0 Å². The molecule has 4 rings (SSSR count). The lowest BCUT2D eigenvalue weighted by Gasteiger charge is -2.12. The zero-order valence-electron chi connectivity index (χ0n) is 14.0. The van der Waals surface area contributed by atoms with E-state index < -0.39 is 0 Å². The summed E-state index contributed by atoms with van der Waals surface area (Å²) in [6.45, 7) is 2.35. The predicted molar refractivity (Wildman–Crippen MR) is 107 cm³/mol. The molecule has 0 saturated carbocycles. The van der Waals surface area contributed by atoms with Gasteiger partial charge in [0.05, 0.1) is 4.91 Å². The number of aryl methyl sites for hydroxylation is 1. The lowest BCUT2D eigenvalue weighted by molar-refractivity contribution is -0.116. The Morgan fingerprint density at radius 3 is 2.73 bits per heavy atom. The Labute approximate surface area is 164 Å². The number of thioether (sulfide) groups is 1. The van der Waals surface area contributed by atoms with Crippen molar-refractivity contribution in [2.45, 2.75) is 18.8 Å². The van der Waals surface area contributed by atoms with Crippen LogP contribution in [-0.2, 0) is 11.2 Å². The predicted octanol–water partition coefficient (Wildman–Crippen LogP) is 4.34. The highest BCUT2D eigenvalue weighted by molar-refractivity contribution is 9.10. The maximum absolute atomic E-state index is 12.3. The van der Waals surface area contributed by atoms with E-state index in [0.717, 1.165) is 22.1 Å². The van der Waals surface area contributed by atoms with Crippen LogP contribution in [0.3, 0.4) is 0 Å². The number of halogens is 1. The van der Waals surface area contributed by atoms with Crippen molar-refractivity contribution in [3.8, 4) is 11.5 Å². The quantitative estimate of drug-likeness (QED) is 0.703. The van der Waals surface area contributed by atoms with E-state index in [1.807, 2.05) is 30.3 Å². The molecule has 0 spiro atoms. The number of carbonyl (C=O) groups is 1. The maximum atomic E-state index is 12.3. The Balaban J connectivity index is 1.50. The first kappa shape index (κ1) is 17.3. The molecule has 2 aliphatic heterocycles. The molecular formula is C19H17BrN2O3S. The van der Waals surface area contributed by atoms with Gasteiger partial charge in [0.25, 0.3) is 5.91 Å². The molecule has 1 saturated heterocycles. The number of rotatable bonds is 4. The number of nitrogens with one attached hydrogen (secondary N) is 2. The second-order valence-corrected chi connectivity index (χ2v) is 7.90. The van der Waals surface area contributed by atoms with Gasteiger partial charge in [-0.25, -0.2) is 0 Å². The van der Waals surface area contributed by atoms with Crippen LogP contribution in [0.1, 0.15) is 18.1 Å². The highest BCUT2D eigenvalue weighted by Gasteiger charge is 2.27. The molecule has 1 fully saturated rings. The third-order valence-corrected chi connectivity index (χ3v) is 5.88. The van der Waals surface area contributed by atoms with Crippen LogP contribution in [-0.4, -0.2) is 18.2 Å². The molecule has 2 aliphatic rings. The zero-order chi connectivity index (χ0) is 18.1. The molecule has 5 nitrogen and oxygen atoms in total. The SMILES string of the molecule is CCc1ccc(N[C@H]2NC(=O)/C(=C\c3cc4c(cc3Br)OCO4)S2)cc1. The Morgan fingerprint density at radius 2 is 2.00 bits per heavy atom. The van der Waals surface area contributed by atoms with Crippen LogP contribution in [0, 0.1) is 0 Å². The van der Waals surface area contributed by atoms with Crippen molar-refractivity contribution in [3.63, 3.8) is 0 Å². The van der Waals surface area contributed by atoms with E-state index in [9.17, 15) is 4.79 Å².